The summed E-state index contributed by atoms with van der Waals surface area (Å²) in [5.74, 6) is 1.14. The zero-order valence-electron chi connectivity index (χ0n) is 12.3. The Kier molecular flexibility index (Phi) is 3.05. The molecule has 0 N–H and O–H groups in total. The van der Waals surface area contributed by atoms with Gasteiger partial charge >= 0.3 is 0 Å². The zero-order chi connectivity index (χ0) is 16.0. The van der Waals surface area contributed by atoms with Crippen molar-refractivity contribution < 1.29 is 0 Å². The molecular weight excluding hydrogens is 316 g/mol. The van der Waals surface area contributed by atoms with Crippen LogP contribution in [-0.4, -0.2) is 39.8 Å². The third-order valence-electron chi connectivity index (χ3n) is 3.36. The molecule has 0 saturated heterocycles. The number of aryl methyl sites for hydroxylation is 2. The standard InChI is InChI=1S/C14H11ClN8/c1-8-7-9(2)22(20-8)14-19-18-13-17-16-12(23(13)21-14)10-5-3-4-6-11(10)15/h3-7H,1-2H3. The Bertz CT molecular complexity index is 1020. The van der Waals surface area contributed by atoms with Crippen LogP contribution in [0.2, 0.25) is 5.02 Å². The lowest BCUT2D eigenvalue weighted by atomic mass is 10.2. The van der Waals surface area contributed by atoms with Crippen LogP contribution in [0.4, 0.5) is 0 Å². The first-order chi connectivity index (χ1) is 11.1. The molecule has 0 atom stereocenters. The zero-order valence-corrected chi connectivity index (χ0v) is 13.1. The molecule has 4 aromatic rings. The Morgan fingerprint density at radius 2 is 1.74 bits per heavy atom. The van der Waals surface area contributed by atoms with Crippen molar-refractivity contribution in [2.75, 3.05) is 0 Å². The first-order valence-corrected chi connectivity index (χ1v) is 7.26. The third-order valence-corrected chi connectivity index (χ3v) is 3.69. The molecule has 0 amide bonds. The monoisotopic (exact) mass is 326 g/mol. The van der Waals surface area contributed by atoms with E-state index < -0.39 is 0 Å². The number of rotatable bonds is 2. The predicted octanol–water partition coefficient (Wildman–Crippen LogP) is 2.04. The molecule has 0 fully saturated rings. The second-order valence-corrected chi connectivity index (χ2v) is 5.46. The fourth-order valence-electron chi connectivity index (χ4n) is 2.35. The number of aromatic nitrogens is 8. The highest BCUT2D eigenvalue weighted by Crippen LogP contribution is 2.25. The summed E-state index contributed by atoms with van der Waals surface area (Å²) in [7, 11) is 0. The molecule has 0 radical (unpaired) electrons. The number of fused-ring (bicyclic) bond motifs is 1. The molecule has 9 heteroatoms. The van der Waals surface area contributed by atoms with Crippen molar-refractivity contribution in [1.82, 2.24) is 39.8 Å². The number of hydrogen-bond acceptors (Lipinski definition) is 6. The van der Waals surface area contributed by atoms with Gasteiger partial charge in [0.25, 0.3) is 11.7 Å². The van der Waals surface area contributed by atoms with E-state index in [1.54, 1.807) is 10.7 Å². The van der Waals surface area contributed by atoms with Crippen LogP contribution >= 0.6 is 11.6 Å². The van der Waals surface area contributed by atoms with Crippen LogP contribution in [-0.2, 0) is 0 Å². The highest BCUT2D eigenvalue weighted by atomic mass is 35.5. The summed E-state index contributed by atoms with van der Waals surface area (Å²) in [6, 6.07) is 9.30. The maximum atomic E-state index is 6.24. The molecule has 3 aromatic heterocycles. The Labute approximate surface area is 135 Å². The summed E-state index contributed by atoms with van der Waals surface area (Å²) >= 11 is 6.24. The smallest absolute Gasteiger partial charge is 0.200 e. The number of hydrogen-bond donors (Lipinski definition) is 0. The topological polar surface area (TPSA) is 86.7 Å². The van der Waals surface area contributed by atoms with Crippen molar-refractivity contribution in [3.05, 3.63) is 46.7 Å². The van der Waals surface area contributed by atoms with Gasteiger partial charge < -0.3 is 0 Å². The first kappa shape index (κ1) is 13.8. The summed E-state index contributed by atoms with van der Waals surface area (Å²) in [6.45, 7) is 3.83. The minimum absolute atomic E-state index is 0.296. The summed E-state index contributed by atoms with van der Waals surface area (Å²) in [5.41, 5.74) is 2.51. The number of halogens is 1. The van der Waals surface area contributed by atoms with Crippen molar-refractivity contribution in [1.29, 1.82) is 0 Å². The summed E-state index contributed by atoms with van der Waals surface area (Å²) in [5, 5.41) is 25.6. The largest absolute Gasteiger partial charge is 0.291 e. The van der Waals surface area contributed by atoms with Gasteiger partial charge in [-0.2, -0.15) is 9.61 Å². The minimum Gasteiger partial charge on any atom is -0.200 e. The van der Waals surface area contributed by atoms with Crippen LogP contribution < -0.4 is 0 Å². The van der Waals surface area contributed by atoms with E-state index >= 15 is 0 Å². The lowest BCUT2D eigenvalue weighted by Crippen LogP contribution is -2.10. The lowest BCUT2D eigenvalue weighted by Gasteiger charge is -2.03. The second-order valence-electron chi connectivity index (χ2n) is 5.05. The van der Waals surface area contributed by atoms with Crippen LogP contribution in [0.1, 0.15) is 11.4 Å². The van der Waals surface area contributed by atoms with Crippen molar-refractivity contribution in [2.24, 2.45) is 0 Å². The van der Waals surface area contributed by atoms with Crippen molar-refractivity contribution in [3.63, 3.8) is 0 Å². The predicted molar refractivity (Wildman–Crippen MR) is 83.4 cm³/mol. The maximum Gasteiger partial charge on any atom is 0.291 e. The summed E-state index contributed by atoms with van der Waals surface area (Å²) in [4.78, 5) is 0. The van der Waals surface area contributed by atoms with E-state index in [4.69, 9.17) is 11.6 Å². The van der Waals surface area contributed by atoms with Crippen molar-refractivity contribution in [3.8, 4) is 17.3 Å². The maximum absolute atomic E-state index is 6.24. The molecule has 0 spiro atoms. The van der Waals surface area contributed by atoms with Crippen LogP contribution in [0.3, 0.4) is 0 Å². The average molecular weight is 327 g/mol. The van der Waals surface area contributed by atoms with Gasteiger partial charge in [-0.3, -0.25) is 0 Å². The molecule has 0 bridgehead atoms. The second kappa shape index (κ2) is 5.10. The van der Waals surface area contributed by atoms with Gasteiger partial charge in [-0.15, -0.1) is 25.5 Å². The molecule has 0 aliphatic heterocycles. The molecular formula is C14H11ClN8. The van der Waals surface area contributed by atoms with Crippen LogP contribution in [0.15, 0.2) is 30.3 Å². The third kappa shape index (κ3) is 2.23. The molecule has 8 nitrogen and oxygen atoms in total. The average Bonchev–Trinajstić information content (AvgIpc) is 3.10. The van der Waals surface area contributed by atoms with Crippen molar-refractivity contribution >= 4 is 17.4 Å². The Morgan fingerprint density at radius 1 is 0.957 bits per heavy atom. The molecule has 114 valence electrons. The van der Waals surface area contributed by atoms with E-state index in [9.17, 15) is 0 Å². The van der Waals surface area contributed by atoms with E-state index in [-0.39, 0.29) is 0 Å². The van der Waals surface area contributed by atoms with Gasteiger partial charge in [0.1, 0.15) is 0 Å². The summed E-state index contributed by atoms with van der Waals surface area (Å²) in [6.07, 6.45) is 0. The molecule has 0 aliphatic carbocycles. The van der Waals surface area contributed by atoms with E-state index in [0.717, 1.165) is 17.0 Å². The fourth-order valence-corrected chi connectivity index (χ4v) is 2.57. The quantitative estimate of drug-likeness (QED) is 0.560. The minimum atomic E-state index is 0.296. The van der Waals surface area contributed by atoms with Crippen LogP contribution in [0.25, 0.3) is 23.1 Å². The Morgan fingerprint density at radius 3 is 2.48 bits per heavy atom. The number of nitrogens with zero attached hydrogens (tertiary/aromatic N) is 8. The van der Waals surface area contributed by atoms with Gasteiger partial charge in [0.05, 0.1) is 10.7 Å². The van der Waals surface area contributed by atoms with E-state index in [0.29, 0.717) is 22.6 Å². The first-order valence-electron chi connectivity index (χ1n) is 6.88. The van der Waals surface area contributed by atoms with Gasteiger partial charge in [-0.1, -0.05) is 23.7 Å². The molecule has 3 heterocycles. The Hall–Kier alpha value is -2.87. The highest BCUT2D eigenvalue weighted by molar-refractivity contribution is 6.33. The van der Waals surface area contributed by atoms with Crippen molar-refractivity contribution in [2.45, 2.75) is 13.8 Å². The fraction of sp³-hybridized carbons (Fsp3) is 0.143. The lowest BCUT2D eigenvalue weighted by molar-refractivity contribution is 0.700. The molecule has 4 rings (SSSR count). The summed E-state index contributed by atoms with van der Waals surface area (Å²) < 4.78 is 3.14. The van der Waals surface area contributed by atoms with E-state index in [1.807, 2.05) is 38.1 Å². The van der Waals surface area contributed by atoms with Gasteiger partial charge in [0.2, 0.25) is 0 Å². The molecule has 0 aliphatic rings. The van der Waals surface area contributed by atoms with Gasteiger partial charge in [-0.05, 0) is 32.0 Å². The molecule has 0 saturated carbocycles. The van der Waals surface area contributed by atoms with E-state index in [2.05, 4.69) is 30.6 Å². The molecule has 1 aromatic carbocycles. The number of benzene rings is 1. The van der Waals surface area contributed by atoms with Gasteiger partial charge in [0.15, 0.2) is 5.82 Å². The van der Waals surface area contributed by atoms with Crippen LogP contribution in [0, 0.1) is 13.8 Å². The van der Waals surface area contributed by atoms with Gasteiger partial charge in [-0.25, -0.2) is 4.68 Å². The molecule has 23 heavy (non-hydrogen) atoms. The Balaban J connectivity index is 1.94. The van der Waals surface area contributed by atoms with E-state index in [1.165, 1.54) is 4.52 Å². The van der Waals surface area contributed by atoms with Crippen LogP contribution in [0.5, 0.6) is 0 Å². The highest BCUT2D eigenvalue weighted by Gasteiger charge is 2.16. The molecule has 0 unspecified atom stereocenters. The van der Waals surface area contributed by atoms with Gasteiger partial charge in [0, 0.05) is 11.3 Å². The normalized spacial score (nSPS) is 11.3. The SMILES string of the molecule is Cc1cc(C)n(-c2nnc3nnc(-c4ccccc4Cl)n3n2)n1.